The first-order valence-corrected chi connectivity index (χ1v) is 9.17. The molecule has 5 nitrogen and oxygen atoms in total. The van der Waals surface area contributed by atoms with Gasteiger partial charge in [-0.3, -0.25) is 4.79 Å². The molecule has 2 rings (SSSR count). The summed E-state index contributed by atoms with van der Waals surface area (Å²) < 4.78 is 23.9. The van der Waals surface area contributed by atoms with E-state index in [1.807, 2.05) is 0 Å². The highest BCUT2D eigenvalue weighted by molar-refractivity contribution is 7.92. The standard InChI is InChI=1S/C14H22N2O3S/c15-10-12(11-6-2-1-3-7-11)16-14(17)13-8-4-5-9-20(13,18)19/h11-13H,1-9H2,(H,16,17). The van der Waals surface area contributed by atoms with Gasteiger partial charge < -0.3 is 5.32 Å². The van der Waals surface area contributed by atoms with E-state index in [1.165, 1.54) is 6.42 Å². The second kappa shape index (κ2) is 6.57. The number of carbonyl (C=O) groups is 1. The average Bonchev–Trinajstić information content (AvgIpc) is 2.45. The number of nitriles is 1. The monoisotopic (exact) mass is 298 g/mol. The number of rotatable bonds is 3. The Labute approximate surface area is 120 Å². The molecule has 0 aromatic heterocycles. The van der Waals surface area contributed by atoms with E-state index in [0.29, 0.717) is 12.8 Å². The lowest BCUT2D eigenvalue weighted by molar-refractivity contribution is -0.121. The lowest BCUT2D eigenvalue weighted by Crippen LogP contribution is -2.48. The largest absolute Gasteiger partial charge is 0.339 e. The molecule has 20 heavy (non-hydrogen) atoms. The normalized spacial score (nSPS) is 28.2. The van der Waals surface area contributed by atoms with E-state index in [1.54, 1.807) is 0 Å². The molecule has 1 N–H and O–H groups in total. The van der Waals surface area contributed by atoms with Crippen LogP contribution in [0.2, 0.25) is 0 Å². The van der Waals surface area contributed by atoms with Gasteiger partial charge in [-0.2, -0.15) is 5.26 Å². The van der Waals surface area contributed by atoms with E-state index in [9.17, 15) is 18.5 Å². The summed E-state index contributed by atoms with van der Waals surface area (Å²) in [4.78, 5) is 12.2. The van der Waals surface area contributed by atoms with E-state index < -0.39 is 27.0 Å². The molecule has 112 valence electrons. The fourth-order valence-electron chi connectivity index (χ4n) is 3.22. The highest BCUT2D eigenvalue weighted by Gasteiger charge is 2.36. The Balaban J connectivity index is 2.00. The van der Waals surface area contributed by atoms with Crippen molar-refractivity contribution in [1.29, 1.82) is 5.26 Å². The predicted octanol–water partition coefficient (Wildman–Crippen LogP) is 1.54. The molecular formula is C14H22N2O3S. The molecule has 2 unspecified atom stereocenters. The molecule has 0 bridgehead atoms. The van der Waals surface area contributed by atoms with Crippen molar-refractivity contribution in [3.05, 3.63) is 0 Å². The zero-order chi connectivity index (χ0) is 14.6. The van der Waals surface area contributed by atoms with Gasteiger partial charge in [0.1, 0.15) is 11.3 Å². The number of nitrogens with one attached hydrogen (secondary N) is 1. The predicted molar refractivity (Wildman–Crippen MR) is 75.5 cm³/mol. The third-order valence-corrected chi connectivity index (χ3v) is 6.60. The summed E-state index contributed by atoms with van der Waals surface area (Å²) in [6.45, 7) is 0. The van der Waals surface area contributed by atoms with Crippen molar-refractivity contribution in [3.8, 4) is 6.07 Å². The molecule has 2 aliphatic rings. The van der Waals surface area contributed by atoms with Crippen LogP contribution in [0.4, 0.5) is 0 Å². The van der Waals surface area contributed by atoms with Crippen molar-refractivity contribution < 1.29 is 13.2 Å². The van der Waals surface area contributed by atoms with Crippen LogP contribution in [-0.4, -0.2) is 31.4 Å². The van der Waals surface area contributed by atoms with Gasteiger partial charge >= 0.3 is 0 Å². The Morgan fingerprint density at radius 1 is 1.10 bits per heavy atom. The minimum Gasteiger partial charge on any atom is -0.339 e. The first-order valence-electron chi connectivity index (χ1n) is 7.46. The minimum absolute atomic E-state index is 0.0890. The number of nitrogens with zero attached hydrogens (tertiary/aromatic N) is 1. The van der Waals surface area contributed by atoms with Crippen LogP contribution in [-0.2, 0) is 14.6 Å². The van der Waals surface area contributed by atoms with Crippen LogP contribution in [0, 0.1) is 17.2 Å². The van der Waals surface area contributed by atoms with E-state index in [2.05, 4.69) is 11.4 Å². The van der Waals surface area contributed by atoms with Crippen molar-refractivity contribution in [2.24, 2.45) is 5.92 Å². The van der Waals surface area contributed by atoms with Crippen molar-refractivity contribution in [2.45, 2.75) is 62.7 Å². The molecule has 6 heteroatoms. The topological polar surface area (TPSA) is 87.0 Å². The van der Waals surface area contributed by atoms with Gasteiger partial charge in [0.25, 0.3) is 0 Å². The number of sulfone groups is 1. The van der Waals surface area contributed by atoms with Gasteiger partial charge in [0.2, 0.25) is 5.91 Å². The maximum Gasteiger partial charge on any atom is 0.239 e. The van der Waals surface area contributed by atoms with Crippen molar-refractivity contribution >= 4 is 15.7 Å². The molecule has 1 saturated carbocycles. The lowest BCUT2D eigenvalue weighted by atomic mass is 9.84. The summed E-state index contributed by atoms with van der Waals surface area (Å²) in [5.41, 5.74) is 0. The second-order valence-corrected chi connectivity index (χ2v) is 8.17. The highest BCUT2D eigenvalue weighted by Crippen LogP contribution is 2.27. The average molecular weight is 298 g/mol. The molecule has 1 amide bonds. The zero-order valence-corrected chi connectivity index (χ0v) is 12.5. The van der Waals surface area contributed by atoms with Gasteiger partial charge in [0.05, 0.1) is 11.8 Å². The third-order valence-electron chi connectivity index (χ3n) is 4.43. The molecule has 1 aliphatic heterocycles. The molecule has 0 aromatic rings. The minimum atomic E-state index is -3.33. The van der Waals surface area contributed by atoms with E-state index >= 15 is 0 Å². The van der Waals surface area contributed by atoms with Crippen LogP contribution in [0.1, 0.15) is 51.4 Å². The fraction of sp³-hybridized carbons (Fsp3) is 0.857. The molecule has 1 aliphatic carbocycles. The summed E-state index contributed by atoms with van der Waals surface area (Å²) in [7, 11) is -3.33. The van der Waals surface area contributed by atoms with Crippen LogP contribution in [0.15, 0.2) is 0 Å². The van der Waals surface area contributed by atoms with Gasteiger partial charge in [-0.1, -0.05) is 25.7 Å². The van der Waals surface area contributed by atoms with Crippen LogP contribution in [0.25, 0.3) is 0 Å². The Morgan fingerprint density at radius 2 is 1.75 bits per heavy atom. The van der Waals surface area contributed by atoms with Crippen molar-refractivity contribution in [3.63, 3.8) is 0 Å². The smallest absolute Gasteiger partial charge is 0.239 e. The highest BCUT2D eigenvalue weighted by atomic mass is 32.2. The Morgan fingerprint density at radius 3 is 2.35 bits per heavy atom. The first-order chi connectivity index (χ1) is 9.54. The van der Waals surface area contributed by atoms with E-state index in [0.717, 1.165) is 32.1 Å². The Bertz CT molecular complexity index is 489. The molecular weight excluding hydrogens is 276 g/mol. The van der Waals surface area contributed by atoms with Crippen LogP contribution in [0.3, 0.4) is 0 Å². The SMILES string of the molecule is N#CC(NC(=O)C1CCCCS1(=O)=O)C1CCCCC1. The summed E-state index contributed by atoms with van der Waals surface area (Å²) >= 11 is 0. The molecule has 2 fully saturated rings. The van der Waals surface area contributed by atoms with Crippen molar-refractivity contribution in [2.75, 3.05) is 5.75 Å². The number of hydrogen-bond acceptors (Lipinski definition) is 4. The van der Waals surface area contributed by atoms with Gasteiger partial charge in [0.15, 0.2) is 9.84 Å². The number of carbonyl (C=O) groups excluding carboxylic acids is 1. The maximum atomic E-state index is 12.2. The number of hydrogen-bond donors (Lipinski definition) is 1. The van der Waals surface area contributed by atoms with E-state index in [-0.39, 0.29) is 11.7 Å². The van der Waals surface area contributed by atoms with Gasteiger partial charge in [-0.25, -0.2) is 8.42 Å². The lowest BCUT2D eigenvalue weighted by Gasteiger charge is -2.28. The third kappa shape index (κ3) is 3.51. The van der Waals surface area contributed by atoms with Crippen LogP contribution < -0.4 is 5.32 Å². The second-order valence-electron chi connectivity index (χ2n) is 5.86. The summed E-state index contributed by atoms with van der Waals surface area (Å²) in [5.74, 6) is -0.211. The molecule has 1 saturated heterocycles. The molecule has 0 aromatic carbocycles. The Kier molecular flexibility index (Phi) is 5.03. The van der Waals surface area contributed by atoms with Crippen LogP contribution in [0.5, 0.6) is 0 Å². The van der Waals surface area contributed by atoms with Crippen molar-refractivity contribution in [1.82, 2.24) is 5.32 Å². The van der Waals surface area contributed by atoms with E-state index in [4.69, 9.17) is 0 Å². The Hall–Kier alpha value is -1.09. The molecule has 0 spiro atoms. The van der Waals surface area contributed by atoms with Gasteiger partial charge in [-0.05, 0) is 31.6 Å². The summed E-state index contributed by atoms with van der Waals surface area (Å²) in [6, 6.07) is 1.60. The van der Waals surface area contributed by atoms with Gasteiger partial charge in [0, 0.05) is 0 Å². The van der Waals surface area contributed by atoms with Crippen LogP contribution >= 0.6 is 0 Å². The quantitative estimate of drug-likeness (QED) is 0.856. The van der Waals surface area contributed by atoms with Gasteiger partial charge in [-0.15, -0.1) is 0 Å². The number of amides is 1. The first kappa shape index (κ1) is 15.3. The molecule has 2 atom stereocenters. The summed E-state index contributed by atoms with van der Waals surface area (Å²) in [5, 5.41) is 11.0. The summed E-state index contributed by atoms with van der Waals surface area (Å²) in [6.07, 6.45) is 7.01. The molecule has 1 heterocycles. The zero-order valence-electron chi connectivity index (χ0n) is 11.7. The fourth-order valence-corrected chi connectivity index (χ4v) is 5.03. The molecule has 0 radical (unpaired) electrons. The maximum absolute atomic E-state index is 12.2.